The average Bonchev–Trinajstić information content (AvgIpc) is 2.46. The second-order valence-corrected chi connectivity index (χ2v) is 5.14. The molecule has 0 radical (unpaired) electrons. The van der Waals surface area contributed by atoms with Crippen molar-refractivity contribution in [2.75, 3.05) is 33.3 Å². The molecule has 0 aromatic heterocycles. The van der Waals surface area contributed by atoms with E-state index in [0.29, 0.717) is 5.92 Å². The van der Waals surface area contributed by atoms with Crippen molar-refractivity contribution >= 4 is 12.4 Å². The Morgan fingerprint density at radius 2 is 2.05 bits per heavy atom. The van der Waals surface area contributed by atoms with Crippen molar-refractivity contribution in [3.63, 3.8) is 0 Å². The molecule has 0 spiro atoms. The zero-order chi connectivity index (χ0) is 12.8. The zero-order valence-corrected chi connectivity index (χ0v) is 12.5. The highest BCUT2D eigenvalue weighted by Crippen LogP contribution is 2.16. The highest BCUT2D eigenvalue weighted by Gasteiger charge is 2.17. The van der Waals surface area contributed by atoms with Gasteiger partial charge in [0, 0.05) is 13.1 Å². The third kappa shape index (κ3) is 5.01. The molecule has 0 amide bonds. The predicted octanol–water partition coefficient (Wildman–Crippen LogP) is 2.33. The molecular weight excluding hydrogens is 260 g/mol. The van der Waals surface area contributed by atoms with Crippen molar-refractivity contribution < 1.29 is 4.74 Å². The molecule has 19 heavy (non-hydrogen) atoms. The van der Waals surface area contributed by atoms with Crippen LogP contribution in [0.15, 0.2) is 24.3 Å². The van der Waals surface area contributed by atoms with Crippen LogP contribution in [0.25, 0.3) is 0 Å². The number of benzene rings is 1. The minimum absolute atomic E-state index is 0. The van der Waals surface area contributed by atoms with E-state index >= 15 is 0 Å². The van der Waals surface area contributed by atoms with Gasteiger partial charge in [0.2, 0.25) is 0 Å². The topological polar surface area (TPSA) is 38.5 Å². The molecule has 1 aliphatic rings. The Labute approximate surface area is 122 Å². The van der Waals surface area contributed by atoms with E-state index < -0.39 is 0 Å². The fourth-order valence-electron chi connectivity index (χ4n) is 2.63. The Kier molecular flexibility index (Phi) is 7.21. The second kappa shape index (κ2) is 8.41. The molecule has 2 rings (SSSR count). The maximum atomic E-state index is 5.76. The van der Waals surface area contributed by atoms with Crippen molar-refractivity contribution in [1.29, 1.82) is 0 Å². The van der Waals surface area contributed by atoms with Crippen molar-refractivity contribution in [1.82, 2.24) is 4.90 Å². The number of likely N-dealkylation sites (tertiary alicyclic amines) is 1. The van der Waals surface area contributed by atoms with Gasteiger partial charge < -0.3 is 15.4 Å². The van der Waals surface area contributed by atoms with Gasteiger partial charge in [-0.25, -0.2) is 0 Å². The number of nitrogens with two attached hydrogens (primary N) is 1. The van der Waals surface area contributed by atoms with E-state index in [1.807, 2.05) is 12.1 Å². The smallest absolute Gasteiger partial charge is 0.118 e. The summed E-state index contributed by atoms with van der Waals surface area (Å²) in [5, 5.41) is 0. The van der Waals surface area contributed by atoms with Crippen LogP contribution < -0.4 is 10.5 Å². The SMILES string of the molecule is COc1ccc(CCN2CCCC(CN)C2)cc1.Cl. The van der Waals surface area contributed by atoms with E-state index in [0.717, 1.165) is 25.3 Å². The monoisotopic (exact) mass is 284 g/mol. The van der Waals surface area contributed by atoms with Crippen molar-refractivity contribution in [2.24, 2.45) is 11.7 Å². The Bertz CT molecular complexity index is 356. The fraction of sp³-hybridized carbons (Fsp3) is 0.600. The molecule has 1 saturated heterocycles. The van der Waals surface area contributed by atoms with Gasteiger partial charge in [0.05, 0.1) is 7.11 Å². The summed E-state index contributed by atoms with van der Waals surface area (Å²) in [5.74, 6) is 1.63. The lowest BCUT2D eigenvalue weighted by atomic mass is 9.98. The first-order valence-corrected chi connectivity index (χ1v) is 6.87. The van der Waals surface area contributed by atoms with Crippen LogP contribution in [0.3, 0.4) is 0 Å². The molecule has 3 nitrogen and oxygen atoms in total. The van der Waals surface area contributed by atoms with E-state index in [4.69, 9.17) is 10.5 Å². The van der Waals surface area contributed by atoms with E-state index in [1.54, 1.807) is 7.11 Å². The third-order valence-corrected chi connectivity index (χ3v) is 3.81. The first-order chi connectivity index (χ1) is 8.81. The molecule has 0 saturated carbocycles. The van der Waals surface area contributed by atoms with Crippen LogP contribution >= 0.6 is 12.4 Å². The van der Waals surface area contributed by atoms with E-state index in [1.165, 1.54) is 31.5 Å². The highest BCUT2D eigenvalue weighted by atomic mass is 35.5. The molecule has 1 aliphatic heterocycles. The number of nitrogens with zero attached hydrogens (tertiary/aromatic N) is 1. The number of halogens is 1. The largest absolute Gasteiger partial charge is 0.497 e. The summed E-state index contributed by atoms with van der Waals surface area (Å²) in [4.78, 5) is 2.55. The van der Waals surface area contributed by atoms with Crippen LogP contribution in [0.2, 0.25) is 0 Å². The summed E-state index contributed by atoms with van der Waals surface area (Å²) in [6.07, 6.45) is 3.71. The van der Waals surface area contributed by atoms with Crippen LogP contribution in [0.4, 0.5) is 0 Å². The second-order valence-electron chi connectivity index (χ2n) is 5.14. The van der Waals surface area contributed by atoms with Crippen LogP contribution in [-0.4, -0.2) is 38.2 Å². The molecule has 0 aliphatic carbocycles. The van der Waals surface area contributed by atoms with Crippen LogP contribution in [0, 0.1) is 5.92 Å². The third-order valence-electron chi connectivity index (χ3n) is 3.81. The molecule has 4 heteroatoms. The number of rotatable bonds is 5. The zero-order valence-electron chi connectivity index (χ0n) is 11.7. The molecule has 1 atom stereocenters. The Hall–Kier alpha value is -0.770. The summed E-state index contributed by atoms with van der Waals surface area (Å²) in [7, 11) is 1.70. The maximum absolute atomic E-state index is 5.76. The Morgan fingerprint density at radius 1 is 1.32 bits per heavy atom. The lowest BCUT2D eigenvalue weighted by Crippen LogP contribution is -2.39. The minimum atomic E-state index is 0. The van der Waals surface area contributed by atoms with Gasteiger partial charge >= 0.3 is 0 Å². The molecule has 2 N–H and O–H groups in total. The molecule has 108 valence electrons. The van der Waals surface area contributed by atoms with Crippen molar-refractivity contribution in [2.45, 2.75) is 19.3 Å². The molecule has 1 aromatic carbocycles. The van der Waals surface area contributed by atoms with Gasteiger partial charge in [-0.3, -0.25) is 0 Å². The van der Waals surface area contributed by atoms with Gasteiger partial charge in [0.15, 0.2) is 0 Å². The highest BCUT2D eigenvalue weighted by molar-refractivity contribution is 5.85. The van der Waals surface area contributed by atoms with Gasteiger partial charge in [-0.05, 0) is 56.0 Å². The first kappa shape index (κ1) is 16.3. The molecule has 1 aromatic rings. The number of piperidine rings is 1. The normalized spacial score (nSPS) is 19.8. The van der Waals surface area contributed by atoms with Crippen LogP contribution in [-0.2, 0) is 6.42 Å². The Morgan fingerprint density at radius 3 is 2.68 bits per heavy atom. The average molecular weight is 285 g/mol. The summed E-state index contributed by atoms with van der Waals surface area (Å²) >= 11 is 0. The minimum Gasteiger partial charge on any atom is -0.497 e. The van der Waals surface area contributed by atoms with Gasteiger partial charge in [-0.2, -0.15) is 0 Å². The lowest BCUT2D eigenvalue weighted by molar-refractivity contribution is 0.180. The van der Waals surface area contributed by atoms with Crippen LogP contribution in [0.5, 0.6) is 5.75 Å². The van der Waals surface area contributed by atoms with E-state index in [9.17, 15) is 0 Å². The summed E-state index contributed by atoms with van der Waals surface area (Å²) in [6.45, 7) is 4.38. The summed E-state index contributed by atoms with van der Waals surface area (Å²) < 4.78 is 5.17. The van der Waals surface area contributed by atoms with Crippen molar-refractivity contribution in [3.05, 3.63) is 29.8 Å². The van der Waals surface area contributed by atoms with Gasteiger partial charge in [0.1, 0.15) is 5.75 Å². The number of methoxy groups -OCH3 is 1. The standard InChI is InChI=1S/C15H24N2O.ClH/c1-18-15-6-4-13(5-7-15)8-10-17-9-2-3-14(11-16)12-17;/h4-7,14H,2-3,8-12,16H2,1H3;1H. The number of hydrogen-bond acceptors (Lipinski definition) is 3. The van der Waals surface area contributed by atoms with E-state index in [2.05, 4.69) is 17.0 Å². The van der Waals surface area contributed by atoms with E-state index in [-0.39, 0.29) is 12.4 Å². The first-order valence-electron chi connectivity index (χ1n) is 6.87. The van der Waals surface area contributed by atoms with Gasteiger partial charge in [0.25, 0.3) is 0 Å². The number of hydrogen-bond donors (Lipinski definition) is 1. The summed E-state index contributed by atoms with van der Waals surface area (Å²) in [6, 6.07) is 8.38. The quantitative estimate of drug-likeness (QED) is 0.902. The van der Waals surface area contributed by atoms with Gasteiger partial charge in [-0.1, -0.05) is 12.1 Å². The molecule has 0 bridgehead atoms. The lowest BCUT2D eigenvalue weighted by Gasteiger charge is -2.32. The van der Waals surface area contributed by atoms with Crippen molar-refractivity contribution in [3.8, 4) is 5.75 Å². The Balaban J connectivity index is 0.00000180. The fourth-order valence-corrected chi connectivity index (χ4v) is 2.63. The van der Waals surface area contributed by atoms with Gasteiger partial charge in [-0.15, -0.1) is 12.4 Å². The summed E-state index contributed by atoms with van der Waals surface area (Å²) in [5.41, 5.74) is 7.14. The number of ether oxygens (including phenoxy) is 1. The molecule has 1 heterocycles. The van der Waals surface area contributed by atoms with Crippen LogP contribution in [0.1, 0.15) is 18.4 Å². The molecule has 1 unspecified atom stereocenters. The molecular formula is C15H25ClN2O. The predicted molar refractivity (Wildman–Crippen MR) is 82.2 cm³/mol. The maximum Gasteiger partial charge on any atom is 0.118 e. The molecule has 1 fully saturated rings.